The number of nitrogens with zero attached hydrogens (tertiary/aromatic N) is 1. The van der Waals surface area contributed by atoms with Crippen molar-refractivity contribution in [2.24, 2.45) is 5.92 Å². The molecule has 0 bridgehead atoms. The first-order valence-electron chi connectivity index (χ1n) is 6.94. The fourth-order valence-electron chi connectivity index (χ4n) is 2.18. The molecule has 0 heterocycles. The van der Waals surface area contributed by atoms with E-state index in [1.807, 2.05) is 51.1 Å². The number of hydrogen-bond acceptors (Lipinski definition) is 2. The van der Waals surface area contributed by atoms with E-state index in [0.717, 1.165) is 6.42 Å². The van der Waals surface area contributed by atoms with Crippen LogP contribution in [0.4, 0.5) is 0 Å². The molecule has 106 valence electrons. The minimum Gasteiger partial charge on any atom is -0.392 e. The topological polar surface area (TPSA) is 40.5 Å². The van der Waals surface area contributed by atoms with Gasteiger partial charge in [0.25, 0.3) is 0 Å². The third-order valence-electron chi connectivity index (χ3n) is 3.17. The fourth-order valence-corrected chi connectivity index (χ4v) is 2.18. The van der Waals surface area contributed by atoms with Gasteiger partial charge in [-0.2, -0.15) is 0 Å². The molecule has 0 aromatic heterocycles. The lowest BCUT2D eigenvalue weighted by Crippen LogP contribution is -2.44. The zero-order chi connectivity index (χ0) is 14.4. The molecule has 0 aliphatic rings. The SMILES string of the molecule is CC(O)CN(C(=O)C(C)Cc1ccccc1)C(C)C. The van der Waals surface area contributed by atoms with Gasteiger partial charge in [-0.1, -0.05) is 37.3 Å². The number of carbonyl (C=O) groups excluding carboxylic acids is 1. The molecule has 1 amide bonds. The zero-order valence-electron chi connectivity index (χ0n) is 12.3. The Hall–Kier alpha value is -1.35. The van der Waals surface area contributed by atoms with E-state index in [0.29, 0.717) is 6.54 Å². The summed E-state index contributed by atoms with van der Waals surface area (Å²) in [7, 11) is 0. The highest BCUT2D eigenvalue weighted by molar-refractivity contribution is 5.79. The van der Waals surface area contributed by atoms with Crippen molar-refractivity contribution in [3.63, 3.8) is 0 Å². The van der Waals surface area contributed by atoms with Crippen molar-refractivity contribution >= 4 is 5.91 Å². The largest absolute Gasteiger partial charge is 0.392 e. The van der Waals surface area contributed by atoms with E-state index >= 15 is 0 Å². The second-order valence-corrected chi connectivity index (χ2v) is 5.52. The van der Waals surface area contributed by atoms with Crippen LogP contribution in [0.5, 0.6) is 0 Å². The molecule has 0 aliphatic heterocycles. The van der Waals surface area contributed by atoms with E-state index in [1.54, 1.807) is 11.8 Å². The summed E-state index contributed by atoms with van der Waals surface area (Å²) in [4.78, 5) is 14.2. The minimum absolute atomic E-state index is 0.0662. The van der Waals surface area contributed by atoms with Crippen molar-refractivity contribution in [3.8, 4) is 0 Å². The highest BCUT2D eigenvalue weighted by Gasteiger charge is 2.23. The molecule has 1 N–H and O–H groups in total. The molecule has 3 heteroatoms. The molecule has 1 aromatic rings. The van der Waals surface area contributed by atoms with Gasteiger partial charge in [0, 0.05) is 18.5 Å². The van der Waals surface area contributed by atoms with Gasteiger partial charge in [-0.25, -0.2) is 0 Å². The summed E-state index contributed by atoms with van der Waals surface area (Å²) in [6.07, 6.45) is 0.248. The van der Waals surface area contributed by atoms with E-state index in [2.05, 4.69) is 0 Å². The number of carbonyl (C=O) groups is 1. The smallest absolute Gasteiger partial charge is 0.226 e. The summed E-state index contributed by atoms with van der Waals surface area (Å²) in [5.74, 6) is 0.0447. The monoisotopic (exact) mass is 263 g/mol. The predicted molar refractivity (Wildman–Crippen MR) is 77.8 cm³/mol. The van der Waals surface area contributed by atoms with Crippen molar-refractivity contribution < 1.29 is 9.90 Å². The molecule has 2 atom stereocenters. The van der Waals surface area contributed by atoms with Gasteiger partial charge in [0.15, 0.2) is 0 Å². The average molecular weight is 263 g/mol. The third-order valence-corrected chi connectivity index (χ3v) is 3.17. The molecule has 0 saturated heterocycles. The molecule has 0 fully saturated rings. The third kappa shape index (κ3) is 5.03. The first-order valence-corrected chi connectivity index (χ1v) is 6.94. The lowest BCUT2D eigenvalue weighted by molar-refractivity contribution is -0.138. The van der Waals surface area contributed by atoms with E-state index in [-0.39, 0.29) is 17.9 Å². The molecule has 0 saturated carbocycles. The van der Waals surface area contributed by atoms with Crippen LogP contribution in [0.1, 0.15) is 33.3 Å². The lowest BCUT2D eigenvalue weighted by Gasteiger charge is -2.30. The molecular formula is C16H25NO2. The Morgan fingerprint density at radius 1 is 1.16 bits per heavy atom. The van der Waals surface area contributed by atoms with Gasteiger partial charge >= 0.3 is 0 Å². The molecule has 3 nitrogen and oxygen atoms in total. The van der Waals surface area contributed by atoms with Crippen LogP contribution in [-0.4, -0.2) is 34.6 Å². The second kappa shape index (κ2) is 7.29. The van der Waals surface area contributed by atoms with Crippen LogP contribution in [-0.2, 0) is 11.2 Å². The van der Waals surface area contributed by atoms with Gasteiger partial charge in [0.1, 0.15) is 0 Å². The van der Waals surface area contributed by atoms with Gasteiger partial charge in [0.05, 0.1) is 6.10 Å². The Labute approximate surface area is 116 Å². The molecule has 1 rings (SSSR count). The maximum atomic E-state index is 12.4. The molecule has 0 aliphatic carbocycles. The minimum atomic E-state index is -0.490. The number of rotatable bonds is 6. The Bertz CT molecular complexity index is 387. The van der Waals surface area contributed by atoms with Crippen molar-refractivity contribution in [1.82, 2.24) is 4.90 Å². The Balaban J connectivity index is 2.68. The first kappa shape index (κ1) is 15.7. The van der Waals surface area contributed by atoms with Crippen LogP contribution in [0.2, 0.25) is 0 Å². The van der Waals surface area contributed by atoms with E-state index in [4.69, 9.17) is 0 Å². The zero-order valence-corrected chi connectivity index (χ0v) is 12.3. The van der Waals surface area contributed by atoms with E-state index in [1.165, 1.54) is 5.56 Å². The summed E-state index contributed by atoms with van der Waals surface area (Å²) < 4.78 is 0. The van der Waals surface area contributed by atoms with Crippen LogP contribution in [0, 0.1) is 5.92 Å². The first-order chi connectivity index (χ1) is 8.91. The van der Waals surface area contributed by atoms with Crippen LogP contribution in [0.25, 0.3) is 0 Å². The van der Waals surface area contributed by atoms with Crippen molar-refractivity contribution in [3.05, 3.63) is 35.9 Å². The van der Waals surface area contributed by atoms with E-state index in [9.17, 15) is 9.90 Å². The number of aliphatic hydroxyl groups is 1. The number of benzene rings is 1. The van der Waals surface area contributed by atoms with Crippen molar-refractivity contribution in [1.29, 1.82) is 0 Å². The summed E-state index contributed by atoms with van der Waals surface area (Å²) in [5, 5.41) is 9.50. The van der Waals surface area contributed by atoms with Crippen molar-refractivity contribution in [2.45, 2.75) is 46.3 Å². The van der Waals surface area contributed by atoms with Crippen LogP contribution in [0.3, 0.4) is 0 Å². The summed E-state index contributed by atoms with van der Waals surface area (Å²) >= 11 is 0. The Morgan fingerprint density at radius 2 is 1.74 bits per heavy atom. The fraction of sp³-hybridized carbons (Fsp3) is 0.562. The number of aliphatic hydroxyl groups excluding tert-OH is 1. The summed E-state index contributed by atoms with van der Waals surface area (Å²) in [6, 6.07) is 10.1. The van der Waals surface area contributed by atoms with E-state index < -0.39 is 6.10 Å². The average Bonchev–Trinajstić information content (AvgIpc) is 2.35. The number of hydrogen-bond donors (Lipinski definition) is 1. The van der Waals surface area contributed by atoms with Gasteiger partial charge < -0.3 is 10.0 Å². The van der Waals surface area contributed by atoms with Gasteiger partial charge in [0.2, 0.25) is 5.91 Å². The second-order valence-electron chi connectivity index (χ2n) is 5.52. The maximum absolute atomic E-state index is 12.4. The molecule has 1 aromatic carbocycles. The molecular weight excluding hydrogens is 238 g/mol. The van der Waals surface area contributed by atoms with Gasteiger partial charge in [-0.05, 0) is 32.8 Å². The summed E-state index contributed by atoms with van der Waals surface area (Å²) in [5.41, 5.74) is 1.17. The van der Waals surface area contributed by atoms with Crippen LogP contribution >= 0.6 is 0 Å². The Kier molecular flexibility index (Phi) is 6.03. The molecule has 19 heavy (non-hydrogen) atoms. The molecule has 0 spiro atoms. The molecule has 2 unspecified atom stereocenters. The number of amides is 1. The Morgan fingerprint density at radius 3 is 2.21 bits per heavy atom. The quantitative estimate of drug-likeness (QED) is 0.856. The standard InChI is InChI=1S/C16H25NO2/c1-12(2)17(11-14(4)18)16(19)13(3)10-15-8-6-5-7-9-15/h5-9,12-14,18H,10-11H2,1-4H3. The predicted octanol–water partition coefficient (Wildman–Crippen LogP) is 2.48. The molecule has 0 radical (unpaired) electrons. The van der Waals surface area contributed by atoms with Gasteiger partial charge in [-0.15, -0.1) is 0 Å². The van der Waals surface area contributed by atoms with Crippen LogP contribution < -0.4 is 0 Å². The lowest BCUT2D eigenvalue weighted by atomic mass is 9.99. The van der Waals surface area contributed by atoms with Gasteiger partial charge in [-0.3, -0.25) is 4.79 Å². The van der Waals surface area contributed by atoms with Crippen LogP contribution in [0.15, 0.2) is 30.3 Å². The maximum Gasteiger partial charge on any atom is 0.226 e. The van der Waals surface area contributed by atoms with Crippen molar-refractivity contribution in [2.75, 3.05) is 6.54 Å². The highest BCUT2D eigenvalue weighted by Crippen LogP contribution is 2.13. The summed E-state index contributed by atoms with van der Waals surface area (Å²) in [6.45, 7) is 8.03. The highest BCUT2D eigenvalue weighted by atomic mass is 16.3. The normalized spacial score (nSPS) is 14.2.